The molecule has 1 aromatic heterocycles. The van der Waals surface area contributed by atoms with Crippen molar-refractivity contribution in [1.29, 1.82) is 0 Å². The number of thioether (sulfide) groups is 1. The lowest BCUT2D eigenvalue weighted by Gasteiger charge is -2.14. The van der Waals surface area contributed by atoms with E-state index in [1.54, 1.807) is 25.3 Å². The van der Waals surface area contributed by atoms with Crippen LogP contribution in [-0.4, -0.2) is 40.6 Å². The maximum atomic E-state index is 12.2. The van der Waals surface area contributed by atoms with Crippen LogP contribution in [-0.2, 0) is 0 Å². The predicted molar refractivity (Wildman–Crippen MR) is 104 cm³/mol. The van der Waals surface area contributed by atoms with Gasteiger partial charge in [0.25, 0.3) is 5.56 Å². The molecular formula is C17H21ClN4O3S. The quantitative estimate of drug-likeness (QED) is 0.502. The highest BCUT2D eigenvalue weighted by Crippen LogP contribution is 2.36. The van der Waals surface area contributed by atoms with Crippen LogP contribution in [0.3, 0.4) is 0 Å². The number of ether oxygens (including phenoxy) is 2. The van der Waals surface area contributed by atoms with Crippen molar-refractivity contribution in [1.82, 2.24) is 14.9 Å². The number of aryl methyl sites for hydroxylation is 1. The fraction of sp³-hybridized carbons (Fsp3) is 0.412. The Hall–Kier alpha value is -2.06. The van der Waals surface area contributed by atoms with E-state index < -0.39 is 0 Å². The van der Waals surface area contributed by atoms with Crippen molar-refractivity contribution in [2.24, 2.45) is 5.10 Å². The van der Waals surface area contributed by atoms with Crippen LogP contribution >= 0.6 is 23.4 Å². The maximum Gasteiger partial charge on any atom is 0.296 e. The summed E-state index contributed by atoms with van der Waals surface area (Å²) in [4.78, 5) is 12.2. The van der Waals surface area contributed by atoms with Crippen molar-refractivity contribution in [3.8, 4) is 11.5 Å². The minimum Gasteiger partial charge on any atom is -0.490 e. The SMILES string of the molecule is CCCOc1c(Cl)cc(/C=N\n2c(SC)nnc(C)c2=O)cc1OCC. The minimum atomic E-state index is -0.320. The third-order valence-corrected chi connectivity index (χ3v) is 4.16. The molecule has 0 unspecified atom stereocenters. The summed E-state index contributed by atoms with van der Waals surface area (Å²) in [5.41, 5.74) is 0.631. The Labute approximate surface area is 161 Å². The van der Waals surface area contributed by atoms with E-state index in [1.165, 1.54) is 22.7 Å². The van der Waals surface area contributed by atoms with Gasteiger partial charge < -0.3 is 9.47 Å². The zero-order valence-corrected chi connectivity index (χ0v) is 16.7. The van der Waals surface area contributed by atoms with E-state index in [-0.39, 0.29) is 11.3 Å². The largest absolute Gasteiger partial charge is 0.490 e. The first-order valence-corrected chi connectivity index (χ1v) is 9.75. The van der Waals surface area contributed by atoms with Gasteiger partial charge >= 0.3 is 0 Å². The smallest absolute Gasteiger partial charge is 0.296 e. The number of nitrogens with zero attached hydrogens (tertiary/aromatic N) is 4. The highest BCUT2D eigenvalue weighted by atomic mass is 35.5. The van der Waals surface area contributed by atoms with E-state index in [2.05, 4.69) is 15.3 Å². The monoisotopic (exact) mass is 396 g/mol. The van der Waals surface area contributed by atoms with Gasteiger partial charge in [0.15, 0.2) is 11.5 Å². The van der Waals surface area contributed by atoms with E-state index >= 15 is 0 Å². The van der Waals surface area contributed by atoms with Crippen LogP contribution in [0.2, 0.25) is 5.02 Å². The number of rotatable bonds is 8. The molecule has 0 spiro atoms. The molecule has 7 nitrogen and oxygen atoms in total. The molecule has 0 aliphatic heterocycles. The van der Waals surface area contributed by atoms with Gasteiger partial charge in [-0.2, -0.15) is 9.78 Å². The second-order valence-electron chi connectivity index (χ2n) is 5.25. The van der Waals surface area contributed by atoms with Gasteiger partial charge in [-0.3, -0.25) is 4.79 Å². The molecule has 1 heterocycles. The lowest BCUT2D eigenvalue weighted by Crippen LogP contribution is -2.23. The molecule has 0 aliphatic carbocycles. The third kappa shape index (κ3) is 4.76. The van der Waals surface area contributed by atoms with Crippen molar-refractivity contribution < 1.29 is 9.47 Å². The van der Waals surface area contributed by atoms with Gasteiger partial charge in [0.2, 0.25) is 5.16 Å². The van der Waals surface area contributed by atoms with E-state index in [0.29, 0.717) is 40.5 Å². The molecule has 0 atom stereocenters. The van der Waals surface area contributed by atoms with Crippen molar-refractivity contribution in [2.75, 3.05) is 19.5 Å². The Morgan fingerprint density at radius 3 is 2.73 bits per heavy atom. The van der Waals surface area contributed by atoms with Gasteiger partial charge in [-0.25, -0.2) is 0 Å². The van der Waals surface area contributed by atoms with Crippen LogP contribution in [0.1, 0.15) is 31.5 Å². The van der Waals surface area contributed by atoms with E-state index in [9.17, 15) is 4.79 Å². The predicted octanol–water partition coefficient (Wildman–Crippen LogP) is 3.39. The van der Waals surface area contributed by atoms with Crippen LogP contribution in [0.25, 0.3) is 0 Å². The van der Waals surface area contributed by atoms with E-state index in [0.717, 1.165) is 6.42 Å². The summed E-state index contributed by atoms with van der Waals surface area (Å²) in [6.45, 7) is 6.51. The van der Waals surface area contributed by atoms with Crippen molar-refractivity contribution in [3.05, 3.63) is 38.8 Å². The molecule has 9 heteroatoms. The molecule has 140 valence electrons. The highest BCUT2D eigenvalue weighted by Gasteiger charge is 2.12. The fourth-order valence-electron chi connectivity index (χ4n) is 2.07. The van der Waals surface area contributed by atoms with Crippen LogP contribution in [0.15, 0.2) is 27.2 Å². The Morgan fingerprint density at radius 2 is 2.08 bits per heavy atom. The summed E-state index contributed by atoms with van der Waals surface area (Å²) in [5, 5.41) is 12.9. The van der Waals surface area contributed by atoms with Crippen molar-refractivity contribution in [3.63, 3.8) is 0 Å². The second kappa shape index (κ2) is 9.59. The first-order valence-electron chi connectivity index (χ1n) is 8.15. The van der Waals surface area contributed by atoms with Crippen LogP contribution < -0.4 is 15.0 Å². The van der Waals surface area contributed by atoms with Gasteiger partial charge in [0.1, 0.15) is 5.69 Å². The lowest BCUT2D eigenvalue weighted by molar-refractivity contribution is 0.277. The molecule has 0 fully saturated rings. The first kappa shape index (κ1) is 20.3. The topological polar surface area (TPSA) is 78.6 Å². The van der Waals surface area contributed by atoms with E-state index in [1.807, 2.05) is 13.8 Å². The van der Waals surface area contributed by atoms with Gasteiger partial charge in [-0.1, -0.05) is 30.3 Å². The van der Waals surface area contributed by atoms with Crippen molar-refractivity contribution in [2.45, 2.75) is 32.3 Å². The minimum absolute atomic E-state index is 0.274. The maximum absolute atomic E-state index is 12.2. The molecule has 0 saturated heterocycles. The summed E-state index contributed by atoms with van der Waals surface area (Å²) in [6.07, 6.45) is 4.19. The van der Waals surface area contributed by atoms with Crippen LogP contribution in [0.4, 0.5) is 0 Å². The molecule has 26 heavy (non-hydrogen) atoms. The summed E-state index contributed by atoms with van der Waals surface area (Å²) in [7, 11) is 0. The molecule has 0 N–H and O–H groups in total. The number of aromatic nitrogens is 3. The van der Waals surface area contributed by atoms with Crippen LogP contribution in [0, 0.1) is 6.92 Å². The third-order valence-electron chi connectivity index (χ3n) is 3.26. The number of hydrogen-bond acceptors (Lipinski definition) is 7. The van der Waals surface area contributed by atoms with Gasteiger partial charge in [0, 0.05) is 0 Å². The molecule has 2 rings (SSSR count). The summed E-state index contributed by atoms with van der Waals surface area (Å²) >= 11 is 7.63. The van der Waals surface area contributed by atoms with Crippen LogP contribution in [0.5, 0.6) is 11.5 Å². The number of halogens is 1. The Morgan fingerprint density at radius 1 is 1.31 bits per heavy atom. The van der Waals surface area contributed by atoms with Crippen molar-refractivity contribution >= 4 is 29.6 Å². The molecule has 1 aromatic carbocycles. The molecule has 0 radical (unpaired) electrons. The molecule has 0 aliphatic rings. The summed E-state index contributed by atoms with van der Waals surface area (Å²) < 4.78 is 12.5. The first-order chi connectivity index (χ1) is 12.5. The van der Waals surface area contributed by atoms with Gasteiger partial charge in [-0.15, -0.1) is 10.2 Å². The zero-order valence-electron chi connectivity index (χ0n) is 15.2. The average Bonchev–Trinajstić information content (AvgIpc) is 2.62. The average molecular weight is 397 g/mol. The summed E-state index contributed by atoms with van der Waals surface area (Å²) in [5.74, 6) is 1.05. The number of benzene rings is 1. The highest BCUT2D eigenvalue weighted by molar-refractivity contribution is 7.98. The Balaban J connectivity index is 2.43. The molecule has 2 aromatic rings. The molecule has 0 saturated carbocycles. The van der Waals surface area contributed by atoms with Gasteiger partial charge in [0.05, 0.1) is 24.5 Å². The normalized spacial score (nSPS) is 11.1. The molecular weight excluding hydrogens is 376 g/mol. The lowest BCUT2D eigenvalue weighted by atomic mass is 10.2. The summed E-state index contributed by atoms with van der Waals surface area (Å²) in [6, 6.07) is 3.49. The van der Waals surface area contributed by atoms with Gasteiger partial charge in [-0.05, 0) is 44.2 Å². The molecule has 0 amide bonds. The Kier molecular flexibility index (Phi) is 7.47. The Bertz CT molecular complexity index is 855. The zero-order chi connectivity index (χ0) is 19.1. The number of hydrogen-bond donors (Lipinski definition) is 0. The second-order valence-corrected chi connectivity index (χ2v) is 6.43. The fourth-order valence-corrected chi connectivity index (χ4v) is 2.77. The van der Waals surface area contributed by atoms with E-state index in [4.69, 9.17) is 21.1 Å². The standard InChI is InChI=1S/C17H21ClN4O3S/c1-5-7-25-15-13(18)8-12(9-14(15)24-6-2)10-19-22-16(23)11(3)20-21-17(22)26-4/h8-10H,5-7H2,1-4H3/b19-10-. The molecule has 0 bridgehead atoms.